The highest BCUT2D eigenvalue weighted by atomic mass is 16.3. The quantitative estimate of drug-likeness (QED) is 0.794. The van der Waals surface area contributed by atoms with E-state index in [0.29, 0.717) is 17.9 Å². The highest BCUT2D eigenvalue weighted by Gasteiger charge is 2.25. The van der Waals surface area contributed by atoms with Crippen LogP contribution >= 0.6 is 0 Å². The molecule has 0 bridgehead atoms. The van der Waals surface area contributed by atoms with Gasteiger partial charge in [-0.15, -0.1) is 0 Å². The highest BCUT2D eigenvalue weighted by Crippen LogP contribution is 2.28. The lowest BCUT2D eigenvalue weighted by Gasteiger charge is -2.30. The number of H-pyrrole nitrogens is 1. The molecule has 118 valence electrons. The molecular weight excluding hydrogens is 278 g/mol. The molecule has 3 N–H and O–H groups in total. The third-order valence-corrected chi connectivity index (χ3v) is 4.66. The van der Waals surface area contributed by atoms with Crippen LogP contribution in [0.4, 0.5) is 0 Å². The molecule has 5 heteroatoms. The number of aliphatic hydroxyl groups is 1. The molecule has 3 rings (SSSR count). The second-order valence-corrected chi connectivity index (χ2v) is 6.12. The monoisotopic (exact) mass is 301 g/mol. The first-order chi connectivity index (χ1) is 10.8. The summed E-state index contributed by atoms with van der Waals surface area (Å²) >= 11 is 0. The van der Waals surface area contributed by atoms with Crippen molar-refractivity contribution in [1.82, 2.24) is 15.3 Å². The number of hydrogen-bond acceptors (Lipinski definition) is 3. The van der Waals surface area contributed by atoms with Crippen molar-refractivity contribution in [1.29, 1.82) is 0 Å². The Morgan fingerprint density at radius 2 is 2.18 bits per heavy atom. The van der Waals surface area contributed by atoms with E-state index in [1.807, 2.05) is 12.1 Å². The molecule has 1 aliphatic carbocycles. The Kier molecular flexibility index (Phi) is 4.73. The number of fused-ring (bicyclic) bond motifs is 1. The molecule has 0 saturated heterocycles. The van der Waals surface area contributed by atoms with Crippen LogP contribution < -0.4 is 5.32 Å². The fourth-order valence-electron chi connectivity index (χ4n) is 3.43. The summed E-state index contributed by atoms with van der Waals surface area (Å²) in [6.45, 7) is 0.112. The number of carbonyl (C=O) groups is 1. The van der Waals surface area contributed by atoms with Gasteiger partial charge in [-0.3, -0.25) is 4.79 Å². The number of imidazole rings is 1. The van der Waals surface area contributed by atoms with Crippen molar-refractivity contribution in [2.45, 2.75) is 44.6 Å². The summed E-state index contributed by atoms with van der Waals surface area (Å²) in [6.07, 6.45) is 8.28. The van der Waals surface area contributed by atoms with Crippen LogP contribution in [0.25, 0.3) is 11.0 Å². The van der Waals surface area contributed by atoms with Gasteiger partial charge in [-0.1, -0.05) is 19.3 Å². The standard InChI is InChI=1S/C17H23N3O2/c21-9-8-14(12-4-2-1-3-5-12)20-17(22)13-6-7-15-16(10-13)19-11-18-15/h6-7,10-12,14,21H,1-5,8-9H2,(H,18,19)(H,20,22). The molecule has 0 aliphatic heterocycles. The maximum atomic E-state index is 12.5. The Morgan fingerprint density at radius 3 is 2.95 bits per heavy atom. The molecule has 1 atom stereocenters. The fourth-order valence-corrected chi connectivity index (χ4v) is 3.43. The van der Waals surface area contributed by atoms with Crippen LogP contribution in [0.1, 0.15) is 48.9 Å². The third kappa shape index (κ3) is 3.30. The van der Waals surface area contributed by atoms with E-state index in [2.05, 4.69) is 15.3 Å². The zero-order chi connectivity index (χ0) is 15.4. The van der Waals surface area contributed by atoms with Crippen LogP contribution in [0, 0.1) is 5.92 Å². The Hall–Kier alpha value is -1.88. The van der Waals surface area contributed by atoms with Crippen LogP contribution in [0.3, 0.4) is 0 Å². The molecule has 1 unspecified atom stereocenters. The first-order valence-corrected chi connectivity index (χ1v) is 8.13. The van der Waals surface area contributed by atoms with Gasteiger partial charge in [0.25, 0.3) is 5.91 Å². The van der Waals surface area contributed by atoms with Crippen molar-refractivity contribution in [2.24, 2.45) is 5.92 Å². The maximum absolute atomic E-state index is 12.5. The lowest BCUT2D eigenvalue weighted by Crippen LogP contribution is -2.41. The average Bonchev–Trinajstić information content (AvgIpc) is 3.02. The van der Waals surface area contributed by atoms with E-state index in [0.717, 1.165) is 23.9 Å². The lowest BCUT2D eigenvalue weighted by atomic mass is 9.82. The number of amides is 1. The summed E-state index contributed by atoms with van der Waals surface area (Å²) in [5.74, 6) is 0.418. The average molecular weight is 301 g/mol. The number of aliphatic hydroxyl groups excluding tert-OH is 1. The first-order valence-electron chi connectivity index (χ1n) is 8.13. The number of aromatic amines is 1. The van der Waals surface area contributed by atoms with E-state index in [4.69, 9.17) is 0 Å². The van der Waals surface area contributed by atoms with Crippen molar-refractivity contribution >= 4 is 16.9 Å². The molecule has 1 saturated carbocycles. The molecule has 5 nitrogen and oxygen atoms in total. The van der Waals surface area contributed by atoms with Crippen molar-refractivity contribution in [3.63, 3.8) is 0 Å². The van der Waals surface area contributed by atoms with Crippen molar-refractivity contribution in [3.05, 3.63) is 30.1 Å². The van der Waals surface area contributed by atoms with E-state index in [1.165, 1.54) is 19.3 Å². The van der Waals surface area contributed by atoms with Crippen molar-refractivity contribution < 1.29 is 9.90 Å². The molecule has 1 aliphatic rings. The molecular formula is C17H23N3O2. The minimum absolute atomic E-state index is 0.0651. The van der Waals surface area contributed by atoms with Crippen LogP contribution in [-0.4, -0.2) is 33.6 Å². The van der Waals surface area contributed by atoms with E-state index in [9.17, 15) is 9.90 Å². The summed E-state index contributed by atoms with van der Waals surface area (Å²) in [6, 6.07) is 5.54. The van der Waals surface area contributed by atoms with E-state index < -0.39 is 0 Å². The topological polar surface area (TPSA) is 78.0 Å². The van der Waals surface area contributed by atoms with E-state index in [1.54, 1.807) is 12.4 Å². The van der Waals surface area contributed by atoms with Gasteiger partial charge in [0.05, 0.1) is 17.4 Å². The molecule has 1 fully saturated rings. The number of nitrogens with zero attached hydrogens (tertiary/aromatic N) is 1. The second-order valence-electron chi connectivity index (χ2n) is 6.12. The summed E-state index contributed by atoms with van der Waals surface area (Å²) < 4.78 is 0. The minimum Gasteiger partial charge on any atom is -0.396 e. The maximum Gasteiger partial charge on any atom is 0.251 e. The zero-order valence-corrected chi connectivity index (χ0v) is 12.7. The third-order valence-electron chi connectivity index (χ3n) is 4.66. The molecule has 1 aromatic carbocycles. The van der Waals surface area contributed by atoms with Crippen molar-refractivity contribution in [2.75, 3.05) is 6.61 Å². The Morgan fingerprint density at radius 1 is 1.36 bits per heavy atom. The van der Waals surface area contributed by atoms with Crippen LogP contribution in [-0.2, 0) is 0 Å². The molecule has 0 spiro atoms. The highest BCUT2D eigenvalue weighted by molar-refractivity contribution is 5.97. The van der Waals surface area contributed by atoms with Crippen LogP contribution in [0.5, 0.6) is 0 Å². The molecule has 1 aromatic heterocycles. The summed E-state index contributed by atoms with van der Waals surface area (Å²) in [5.41, 5.74) is 2.36. The predicted molar refractivity (Wildman–Crippen MR) is 85.6 cm³/mol. The molecule has 1 amide bonds. The van der Waals surface area contributed by atoms with Gasteiger partial charge in [-0.05, 0) is 43.4 Å². The van der Waals surface area contributed by atoms with Gasteiger partial charge < -0.3 is 15.4 Å². The summed E-state index contributed by atoms with van der Waals surface area (Å²) in [5, 5.41) is 12.4. The predicted octanol–water partition coefficient (Wildman–Crippen LogP) is 2.62. The van der Waals surface area contributed by atoms with Crippen LogP contribution in [0.15, 0.2) is 24.5 Å². The lowest BCUT2D eigenvalue weighted by molar-refractivity contribution is 0.0900. The van der Waals surface area contributed by atoms with Gasteiger partial charge in [-0.25, -0.2) is 4.98 Å². The van der Waals surface area contributed by atoms with Gasteiger partial charge in [-0.2, -0.15) is 0 Å². The Balaban J connectivity index is 1.71. The van der Waals surface area contributed by atoms with Crippen LogP contribution in [0.2, 0.25) is 0 Å². The first kappa shape index (κ1) is 15.0. The number of rotatable bonds is 5. The summed E-state index contributed by atoms with van der Waals surface area (Å²) in [7, 11) is 0. The molecule has 22 heavy (non-hydrogen) atoms. The number of carbonyl (C=O) groups excluding carboxylic acids is 1. The number of aromatic nitrogens is 2. The van der Waals surface area contributed by atoms with E-state index >= 15 is 0 Å². The number of nitrogens with one attached hydrogen (secondary N) is 2. The second kappa shape index (κ2) is 6.92. The van der Waals surface area contributed by atoms with Gasteiger partial charge in [0.15, 0.2) is 0 Å². The molecule has 1 heterocycles. The Bertz CT molecular complexity index is 632. The van der Waals surface area contributed by atoms with E-state index in [-0.39, 0.29) is 18.6 Å². The number of hydrogen-bond donors (Lipinski definition) is 3. The van der Waals surface area contributed by atoms with Gasteiger partial charge in [0.2, 0.25) is 0 Å². The van der Waals surface area contributed by atoms with Gasteiger partial charge in [0.1, 0.15) is 0 Å². The smallest absolute Gasteiger partial charge is 0.251 e. The minimum atomic E-state index is -0.0690. The zero-order valence-electron chi connectivity index (χ0n) is 12.7. The normalized spacial score (nSPS) is 17.5. The summed E-state index contributed by atoms with van der Waals surface area (Å²) in [4.78, 5) is 19.7. The molecule has 0 radical (unpaired) electrons. The van der Waals surface area contributed by atoms with Crippen molar-refractivity contribution in [3.8, 4) is 0 Å². The van der Waals surface area contributed by atoms with Gasteiger partial charge in [0, 0.05) is 18.2 Å². The Labute approximate surface area is 130 Å². The van der Waals surface area contributed by atoms with Gasteiger partial charge >= 0.3 is 0 Å². The largest absolute Gasteiger partial charge is 0.396 e. The molecule has 2 aromatic rings. The number of benzene rings is 1. The SMILES string of the molecule is O=C(NC(CCO)C1CCCCC1)c1ccc2nc[nH]c2c1. The fraction of sp³-hybridized carbons (Fsp3) is 0.529.